The highest BCUT2D eigenvalue weighted by Gasteiger charge is 2.13. The minimum Gasteiger partial charge on any atom is -0.508 e. The molecule has 1 rings (SSSR count). The maximum Gasteiger partial charge on any atom is 0.120 e. The van der Waals surface area contributed by atoms with Gasteiger partial charge in [0.05, 0.1) is 0 Å². The van der Waals surface area contributed by atoms with Crippen LogP contribution in [-0.4, -0.2) is 5.11 Å². The number of phenols is 1. The molecule has 1 nitrogen and oxygen atoms in total. The van der Waals surface area contributed by atoms with Crippen molar-refractivity contribution in [3.05, 3.63) is 17.2 Å². The highest BCUT2D eigenvalue weighted by molar-refractivity contribution is 7.81. The Morgan fingerprint density at radius 3 is 2.31 bits per heavy atom. The zero-order valence-electron chi connectivity index (χ0n) is 8.00. The van der Waals surface area contributed by atoms with Gasteiger partial charge in [0.15, 0.2) is 0 Å². The standard InChI is InChI=1S/C10H14OS2/c1-5(2)9-8(12)4-7(11)6(3)10(9)13/h4-5,11-13H,1-3H3. The molecule has 0 radical (unpaired) electrons. The smallest absolute Gasteiger partial charge is 0.120 e. The Kier molecular flexibility index (Phi) is 3.19. The van der Waals surface area contributed by atoms with Crippen LogP contribution in [0.3, 0.4) is 0 Å². The molecule has 0 saturated heterocycles. The van der Waals surface area contributed by atoms with Crippen LogP contribution in [0.25, 0.3) is 0 Å². The topological polar surface area (TPSA) is 20.2 Å². The number of rotatable bonds is 1. The van der Waals surface area contributed by atoms with Gasteiger partial charge in [-0.25, -0.2) is 0 Å². The van der Waals surface area contributed by atoms with Gasteiger partial charge in [-0.05, 0) is 24.5 Å². The number of phenolic OH excluding ortho intramolecular Hbond substituents is 1. The monoisotopic (exact) mass is 214 g/mol. The van der Waals surface area contributed by atoms with E-state index in [-0.39, 0.29) is 5.75 Å². The molecule has 72 valence electrons. The molecule has 0 atom stereocenters. The molecular weight excluding hydrogens is 200 g/mol. The molecule has 0 aliphatic heterocycles. The van der Waals surface area contributed by atoms with E-state index in [1.807, 2.05) is 6.92 Å². The summed E-state index contributed by atoms with van der Waals surface area (Å²) in [5.41, 5.74) is 1.92. The highest BCUT2D eigenvalue weighted by Crippen LogP contribution is 2.36. The quantitative estimate of drug-likeness (QED) is 0.612. The van der Waals surface area contributed by atoms with Gasteiger partial charge in [-0.1, -0.05) is 13.8 Å². The van der Waals surface area contributed by atoms with E-state index < -0.39 is 0 Å². The van der Waals surface area contributed by atoms with E-state index in [0.29, 0.717) is 5.92 Å². The molecule has 0 unspecified atom stereocenters. The lowest BCUT2D eigenvalue weighted by Gasteiger charge is -2.15. The van der Waals surface area contributed by atoms with Crippen LogP contribution in [-0.2, 0) is 0 Å². The summed E-state index contributed by atoms with van der Waals surface area (Å²) in [6, 6.07) is 1.67. The van der Waals surface area contributed by atoms with Crippen LogP contribution >= 0.6 is 25.3 Å². The first-order chi connectivity index (χ1) is 5.95. The Morgan fingerprint density at radius 1 is 1.31 bits per heavy atom. The van der Waals surface area contributed by atoms with Gasteiger partial charge in [-0.2, -0.15) is 0 Å². The molecule has 1 aromatic carbocycles. The summed E-state index contributed by atoms with van der Waals surface area (Å²) >= 11 is 8.70. The molecule has 1 N–H and O–H groups in total. The number of hydrogen-bond donors (Lipinski definition) is 3. The van der Waals surface area contributed by atoms with E-state index in [1.165, 1.54) is 0 Å². The van der Waals surface area contributed by atoms with Crippen molar-refractivity contribution in [2.45, 2.75) is 36.5 Å². The molecule has 0 fully saturated rings. The molecule has 0 heterocycles. The van der Waals surface area contributed by atoms with Crippen molar-refractivity contribution in [1.29, 1.82) is 0 Å². The molecule has 0 saturated carbocycles. The second-order valence-electron chi connectivity index (χ2n) is 3.46. The average molecular weight is 214 g/mol. The van der Waals surface area contributed by atoms with Crippen LogP contribution in [0.4, 0.5) is 0 Å². The van der Waals surface area contributed by atoms with Crippen LogP contribution in [0.15, 0.2) is 15.9 Å². The van der Waals surface area contributed by atoms with Gasteiger partial charge >= 0.3 is 0 Å². The number of benzene rings is 1. The third kappa shape index (κ3) is 1.97. The number of aromatic hydroxyl groups is 1. The lowest BCUT2D eigenvalue weighted by molar-refractivity contribution is 0.466. The first-order valence-corrected chi connectivity index (χ1v) is 5.09. The molecule has 0 bridgehead atoms. The van der Waals surface area contributed by atoms with E-state index in [2.05, 4.69) is 39.1 Å². The second kappa shape index (κ2) is 3.84. The first-order valence-electron chi connectivity index (χ1n) is 4.19. The summed E-state index contributed by atoms with van der Waals surface area (Å²) in [5.74, 6) is 0.638. The molecule has 1 aromatic rings. The van der Waals surface area contributed by atoms with Gasteiger partial charge in [0.1, 0.15) is 5.75 Å². The molecule has 3 heteroatoms. The lowest BCUT2D eigenvalue weighted by atomic mass is 10.0. The third-order valence-electron chi connectivity index (χ3n) is 2.12. The predicted molar refractivity (Wildman–Crippen MR) is 61.4 cm³/mol. The maximum atomic E-state index is 9.49. The normalized spacial score (nSPS) is 10.9. The zero-order chi connectivity index (χ0) is 10.2. The van der Waals surface area contributed by atoms with Crippen molar-refractivity contribution in [3.8, 4) is 5.75 Å². The van der Waals surface area contributed by atoms with E-state index in [9.17, 15) is 5.11 Å². The molecule has 0 aromatic heterocycles. The maximum absolute atomic E-state index is 9.49. The van der Waals surface area contributed by atoms with E-state index in [0.717, 1.165) is 20.9 Å². The van der Waals surface area contributed by atoms with Crippen LogP contribution < -0.4 is 0 Å². The predicted octanol–water partition coefficient (Wildman–Crippen LogP) is 3.40. The minimum absolute atomic E-state index is 0.263. The van der Waals surface area contributed by atoms with Crippen LogP contribution in [0.2, 0.25) is 0 Å². The Morgan fingerprint density at radius 2 is 1.85 bits per heavy atom. The fraction of sp³-hybridized carbons (Fsp3) is 0.400. The highest BCUT2D eigenvalue weighted by atomic mass is 32.1. The second-order valence-corrected chi connectivity index (χ2v) is 4.39. The summed E-state index contributed by atoms with van der Waals surface area (Å²) in [4.78, 5) is 1.66. The Balaban J connectivity index is 3.44. The zero-order valence-corrected chi connectivity index (χ0v) is 9.79. The summed E-state index contributed by atoms with van der Waals surface area (Å²) in [5, 5.41) is 9.49. The summed E-state index contributed by atoms with van der Waals surface area (Å²) in [7, 11) is 0. The van der Waals surface area contributed by atoms with Crippen molar-refractivity contribution in [3.63, 3.8) is 0 Å². The molecule has 0 aliphatic rings. The SMILES string of the molecule is Cc1c(O)cc(S)c(C(C)C)c1S. The van der Waals surface area contributed by atoms with Crippen molar-refractivity contribution < 1.29 is 5.11 Å². The van der Waals surface area contributed by atoms with Crippen molar-refractivity contribution >= 4 is 25.3 Å². The van der Waals surface area contributed by atoms with Gasteiger partial charge in [-0.3, -0.25) is 0 Å². The summed E-state index contributed by atoms with van der Waals surface area (Å²) in [6.45, 7) is 6.04. The van der Waals surface area contributed by atoms with Crippen LogP contribution in [0.1, 0.15) is 30.9 Å². The lowest BCUT2D eigenvalue weighted by Crippen LogP contribution is -1.94. The van der Waals surface area contributed by atoms with Crippen molar-refractivity contribution in [2.24, 2.45) is 0 Å². The van der Waals surface area contributed by atoms with E-state index in [4.69, 9.17) is 0 Å². The van der Waals surface area contributed by atoms with Gasteiger partial charge in [0.2, 0.25) is 0 Å². The average Bonchev–Trinajstić information content (AvgIpc) is 1.99. The Bertz CT molecular complexity index is 332. The van der Waals surface area contributed by atoms with Crippen LogP contribution in [0.5, 0.6) is 5.75 Å². The molecular formula is C10H14OS2. The third-order valence-corrected chi connectivity index (χ3v) is 3.07. The van der Waals surface area contributed by atoms with Crippen molar-refractivity contribution in [1.82, 2.24) is 0 Å². The van der Waals surface area contributed by atoms with E-state index >= 15 is 0 Å². The van der Waals surface area contributed by atoms with Gasteiger partial charge in [-0.15, -0.1) is 25.3 Å². The van der Waals surface area contributed by atoms with Gasteiger partial charge in [0, 0.05) is 15.4 Å². The van der Waals surface area contributed by atoms with E-state index in [1.54, 1.807) is 6.07 Å². The largest absolute Gasteiger partial charge is 0.508 e. The summed E-state index contributed by atoms with van der Waals surface area (Å²) < 4.78 is 0. The fourth-order valence-corrected chi connectivity index (χ4v) is 2.40. The van der Waals surface area contributed by atoms with Gasteiger partial charge in [0.25, 0.3) is 0 Å². The summed E-state index contributed by atoms with van der Waals surface area (Å²) in [6.07, 6.45) is 0. The van der Waals surface area contributed by atoms with Crippen LogP contribution in [0, 0.1) is 6.92 Å². The van der Waals surface area contributed by atoms with Gasteiger partial charge < -0.3 is 5.11 Å². The van der Waals surface area contributed by atoms with Crippen molar-refractivity contribution in [2.75, 3.05) is 0 Å². The first kappa shape index (κ1) is 10.8. The number of hydrogen-bond acceptors (Lipinski definition) is 3. The Labute approximate surface area is 90.0 Å². The minimum atomic E-state index is 0.263. The number of thiol groups is 2. The molecule has 0 amide bonds. The fourth-order valence-electron chi connectivity index (χ4n) is 1.33. The molecule has 13 heavy (non-hydrogen) atoms. The Hall–Kier alpha value is -0.280. The molecule has 0 aliphatic carbocycles. The molecule has 0 spiro atoms.